The van der Waals surface area contributed by atoms with Crippen LogP contribution < -0.4 is 20.1 Å². The second kappa shape index (κ2) is 3.34. The van der Waals surface area contributed by atoms with Crippen LogP contribution in [-0.4, -0.2) is 25.8 Å². The molecule has 0 spiro atoms. The molecule has 2 aliphatic rings. The van der Waals surface area contributed by atoms with E-state index in [0.29, 0.717) is 6.79 Å². The first kappa shape index (κ1) is 8.40. The Morgan fingerprint density at radius 2 is 2.20 bits per heavy atom. The van der Waals surface area contributed by atoms with Gasteiger partial charge >= 0.3 is 0 Å². The molecule has 2 N–H and O–H groups in total. The van der Waals surface area contributed by atoms with Crippen LogP contribution in [0.4, 0.5) is 5.69 Å². The summed E-state index contributed by atoms with van der Waals surface area (Å²) in [7, 11) is 0. The minimum atomic E-state index is 0.304. The van der Waals surface area contributed by atoms with Gasteiger partial charge in [-0.05, 0) is 12.1 Å². The zero-order valence-electron chi connectivity index (χ0n) is 8.12. The van der Waals surface area contributed by atoms with Crippen molar-refractivity contribution in [2.24, 2.45) is 4.99 Å². The van der Waals surface area contributed by atoms with Gasteiger partial charge in [0.15, 0.2) is 17.5 Å². The third kappa shape index (κ3) is 1.56. The van der Waals surface area contributed by atoms with Gasteiger partial charge in [0.25, 0.3) is 0 Å². The number of nitrogens with one attached hydrogen (secondary N) is 2. The molecule has 0 saturated carbocycles. The number of guanidine groups is 1. The molecule has 2 aliphatic heterocycles. The van der Waals surface area contributed by atoms with Gasteiger partial charge in [0.2, 0.25) is 6.79 Å². The minimum absolute atomic E-state index is 0.304. The van der Waals surface area contributed by atoms with Crippen LogP contribution in [0.5, 0.6) is 11.5 Å². The van der Waals surface area contributed by atoms with Crippen molar-refractivity contribution in [2.45, 2.75) is 0 Å². The maximum absolute atomic E-state index is 5.28. The molecule has 0 amide bonds. The smallest absolute Gasteiger partial charge is 0.231 e. The third-order valence-electron chi connectivity index (χ3n) is 2.31. The number of anilines is 1. The van der Waals surface area contributed by atoms with Gasteiger partial charge < -0.3 is 20.1 Å². The average molecular weight is 205 g/mol. The van der Waals surface area contributed by atoms with E-state index in [9.17, 15) is 0 Å². The fourth-order valence-corrected chi connectivity index (χ4v) is 1.59. The summed E-state index contributed by atoms with van der Waals surface area (Å²) in [4.78, 5) is 4.25. The molecular weight excluding hydrogens is 194 g/mol. The van der Waals surface area contributed by atoms with Crippen LogP contribution in [0.2, 0.25) is 0 Å². The summed E-state index contributed by atoms with van der Waals surface area (Å²) in [5.74, 6) is 2.38. The van der Waals surface area contributed by atoms with Gasteiger partial charge in [-0.1, -0.05) is 0 Å². The van der Waals surface area contributed by atoms with E-state index in [2.05, 4.69) is 15.6 Å². The SMILES string of the molecule is c1cc2c(cc1NC1=NCCN1)OCO2. The number of hydrogen-bond acceptors (Lipinski definition) is 5. The van der Waals surface area contributed by atoms with Gasteiger partial charge in [-0.3, -0.25) is 4.99 Å². The standard InChI is InChI=1S/C10H11N3O2/c1-2-8-9(15-6-14-8)5-7(1)13-10-11-3-4-12-10/h1-2,5H,3-4,6H2,(H2,11,12,13). The Hall–Kier alpha value is -1.91. The highest BCUT2D eigenvalue weighted by molar-refractivity contribution is 5.94. The Kier molecular flexibility index (Phi) is 1.87. The van der Waals surface area contributed by atoms with Crippen LogP contribution in [0.1, 0.15) is 0 Å². The lowest BCUT2D eigenvalue weighted by atomic mass is 10.3. The lowest BCUT2D eigenvalue weighted by Crippen LogP contribution is -2.26. The van der Waals surface area contributed by atoms with Crippen molar-refractivity contribution >= 4 is 11.6 Å². The molecule has 0 fully saturated rings. The molecular formula is C10H11N3O2. The molecule has 5 nitrogen and oxygen atoms in total. The molecule has 15 heavy (non-hydrogen) atoms. The summed E-state index contributed by atoms with van der Waals surface area (Å²) >= 11 is 0. The van der Waals surface area contributed by atoms with Crippen LogP contribution in [0.3, 0.4) is 0 Å². The van der Waals surface area contributed by atoms with E-state index >= 15 is 0 Å². The zero-order chi connectivity index (χ0) is 10.1. The summed E-state index contributed by atoms with van der Waals surface area (Å²) in [6.07, 6.45) is 0. The van der Waals surface area contributed by atoms with Crippen molar-refractivity contribution < 1.29 is 9.47 Å². The van der Waals surface area contributed by atoms with Gasteiger partial charge in [0.1, 0.15) is 0 Å². The summed E-state index contributed by atoms with van der Waals surface area (Å²) in [5.41, 5.74) is 0.951. The van der Waals surface area contributed by atoms with E-state index in [0.717, 1.165) is 36.2 Å². The molecule has 0 radical (unpaired) electrons. The lowest BCUT2D eigenvalue weighted by molar-refractivity contribution is 0.174. The molecule has 78 valence electrons. The first-order valence-corrected chi connectivity index (χ1v) is 4.87. The largest absolute Gasteiger partial charge is 0.454 e. The second-order valence-corrected chi connectivity index (χ2v) is 3.35. The number of rotatable bonds is 1. The Morgan fingerprint density at radius 1 is 1.27 bits per heavy atom. The maximum Gasteiger partial charge on any atom is 0.231 e. The van der Waals surface area contributed by atoms with Crippen molar-refractivity contribution in [3.63, 3.8) is 0 Å². The van der Waals surface area contributed by atoms with Crippen molar-refractivity contribution in [3.05, 3.63) is 18.2 Å². The highest BCUT2D eigenvalue weighted by Gasteiger charge is 2.14. The Balaban J connectivity index is 1.80. The second-order valence-electron chi connectivity index (χ2n) is 3.35. The van der Waals surface area contributed by atoms with E-state index in [1.807, 2.05) is 18.2 Å². The number of aliphatic imine (C=N–C) groups is 1. The number of benzene rings is 1. The van der Waals surface area contributed by atoms with Crippen molar-refractivity contribution in [3.8, 4) is 11.5 Å². The molecule has 3 rings (SSSR count). The summed E-state index contributed by atoms with van der Waals surface area (Å²) < 4.78 is 10.5. The maximum atomic E-state index is 5.28. The fourth-order valence-electron chi connectivity index (χ4n) is 1.59. The zero-order valence-corrected chi connectivity index (χ0v) is 8.12. The van der Waals surface area contributed by atoms with Crippen LogP contribution in [0, 0.1) is 0 Å². The third-order valence-corrected chi connectivity index (χ3v) is 2.31. The number of nitrogens with zero attached hydrogens (tertiary/aromatic N) is 1. The predicted octanol–water partition coefficient (Wildman–Crippen LogP) is 0.786. The highest BCUT2D eigenvalue weighted by Crippen LogP contribution is 2.34. The van der Waals surface area contributed by atoms with E-state index in [1.165, 1.54) is 0 Å². The molecule has 0 bridgehead atoms. The predicted molar refractivity (Wildman–Crippen MR) is 56.5 cm³/mol. The Labute approximate surface area is 87.1 Å². The Bertz CT molecular complexity index is 417. The minimum Gasteiger partial charge on any atom is -0.454 e. The monoisotopic (exact) mass is 205 g/mol. The van der Waals surface area contributed by atoms with Gasteiger partial charge in [-0.25, -0.2) is 0 Å². The fraction of sp³-hybridized carbons (Fsp3) is 0.300. The average Bonchev–Trinajstić information content (AvgIpc) is 2.87. The molecule has 5 heteroatoms. The molecule has 0 unspecified atom stereocenters. The summed E-state index contributed by atoms with van der Waals surface area (Å²) in [6, 6.07) is 5.74. The number of fused-ring (bicyclic) bond motifs is 1. The molecule has 1 aromatic carbocycles. The van der Waals surface area contributed by atoms with Crippen LogP contribution in [-0.2, 0) is 0 Å². The molecule has 0 aliphatic carbocycles. The number of hydrogen-bond donors (Lipinski definition) is 2. The first-order valence-electron chi connectivity index (χ1n) is 4.87. The van der Waals surface area contributed by atoms with E-state index in [4.69, 9.17) is 9.47 Å². The van der Waals surface area contributed by atoms with Gasteiger partial charge in [-0.2, -0.15) is 0 Å². The first-order chi connectivity index (χ1) is 7.42. The number of ether oxygens (including phenoxy) is 2. The molecule has 0 atom stereocenters. The Morgan fingerprint density at radius 3 is 3.07 bits per heavy atom. The van der Waals surface area contributed by atoms with Crippen LogP contribution in [0.25, 0.3) is 0 Å². The van der Waals surface area contributed by atoms with E-state index in [-0.39, 0.29) is 0 Å². The topological polar surface area (TPSA) is 54.9 Å². The van der Waals surface area contributed by atoms with Gasteiger partial charge in [-0.15, -0.1) is 0 Å². The highest BCUT2D eigenvalue weighted by atomic mass is 16.7. The molecule has 2 heterocycles. The van der Waals surface area contributed by atoms with E-state index < -0.39 is 0 Å². The summed E-state index contributed by atoms with van der Waals surface area (Å²) in [6.45, 7) is 2.03. The van der Waals surface area contributed by atoms with Gasteiger partial charge in [0, 0.05) is 18.3 Å². The lowest BCUT2D eigenvalue weighted by Gasteiger charge is -2.06. The van der Waals surface area contributed by atoms with Crippen LogP contribution >= 0.6 is 0 Å². The molecule has 1 aromatic rings. The van der Waals surface area contributed by atoms with E-state index in [1.54, 1.807) is 0 Å². The molecule has 0 saturated heterocycles. The van der Waals surface area contributed by atoms with Crippen molar-refractivity contribution in [2.75, 3.05) is 25.2 Å². The van der Waals surface area contributed by atoms with Crippen LogP contribution in [0.15, 0.2) is 23.2 Å². The van der Waals surface area contributed by atoms with Crippen molar-refractivity contribution in [1.82, 2.24) is 5.32 Å². The van der Waals surface area contributed by atoms with Gasteiger partial charge in [0.05, 0.1) is 6.54 Å². The van der Waals surface area contributed by atoms with Crippen molar-refractivity contribution in [1.29, 1.82) is 0 Å². The molecule has 0 aromatic heterocycles. The summed E-state index contributed by atoms with van der Waals surface area (Å²) in [5, 5.41) is 6.31. The normalized spacial score (nSPS) is 17.2. The quantitative estimate of drug-likeness (QED) is 0.711.